The van der Waals surface area contributed by atoms with E-state index in [1.54, 1.807) is 0 Å². The van der Waals surface area contributed by atoms with E-state index in [1.807, 2.05) is 0 Å². The third kappa shape index (κ3) is 4.11. The van der Waals surface area contributed by atoms with Crippen LogP contribution in [0.4, 0.5) is 0 Å². The number of hydrogen-bond donors (Lipinski definition) is 1. The molecular formula is C16H26N2. The van der Waals surface area contributed by atoms with Crippen molar-refractivity contribution in [2.24, 2.45) is 0 Å². The molecule has 1 aromatic rings. The highest BCUT2D eigenvalue weighted by Gasteiger charge is 2.11. The molecule has 1 fully saturated rings. The molecule has 0 bridgehead atoms. The first-order valence-corrected chi connectivity index (χ1v) is 7.40. The summed E-state index contributed by atoms with van der Waals surface area (Å²) < 4.78 is 0. The highest BCUT2D eigenvalue weighted by atomic mass is 15.1. The van der Waals surface area contributed by atoms with Crippen LogP contribution in [0, 0.1) is 0 Å². The summed E-state index contributed by atoms with van der Waals surface area (Å²) in [6.45, 7) is 8.01. The zero-order valence-corrected chi connectivity index (χ0v) is 11.6. The van der Waals surface area contributed by atoms with Crippen molar-refractivity contribution in [3.05, 3.63) is 35.4 Å². The number of rotatable bonds is 6. The Labute approximate surface area is 111 Å². The summed E-state index contributed by atoms with van der Waals surface area (Å²) in [6, 6.07) is 8.88. The van der Waals surface area contributed by atoms with Crippen LogP contribution in [0.1, 0.15) is 43.7 Å². The van der Waals surface area contributed by atoms with Crippen molar-refractivity contribution >= 4 is 0 Å². The Morgan fingerprint density at radius 3 is 2.50 bits per heavy atom. The Balaban J connectivity index is 1.93. The van der Waals surface area contributed by atoms with Crippen molar-refractivity contribution in [1.29, 1.82) is 0 Å². The van der Waals surface area contributed by atoms with E-state index in [9.17, 15) is 0 Å². The van der Waals surface area contributed by atoms with Gasteiger partial charge in [-0.3, -0.25) is 4.90 Å². The monoisotopic (exact) mass is 246 g/mol. The maximum Gasteiger partial charge on any atom is 0.0236 e. The van der Waals surface area contributed by atoms with Gasteiger partial charge >= 0.3 is 0 Å². The summed E-state index contributed by atoms with van der Waals surface area (Å²) in [5.74, 6) is 0. The molecule has 100 valence electrons. The second-order valence-corrected chi connectivity index (χ2v) is 5.28. The van der Waals surface area contributed by atoms with Crippen LogP contribution in [0.2, 0.25) is 0 Å². The predicted molar refractivity (Wildman–Crippen MR) is 77.6 cm³/mol. The fourth-order valence-electron chi connectivity index (χ4n) is 2.64. The largest absolute Gasteiger partial charge is 0.313 e. The molecule has 1 aliphatic heterocycles. The fraction of sp³-hybridized carbons (Fsp3) is 0.625. The van der Waals surface area contributed by atoms with Gasteiger partial charge in [-0.25, -0.2) is 0 Å². The quantitative estimate of drug-likeness (QED) is 0.776. The van der Waals surface area contributed by atoms with Gasteiger partial charge in [-0.2, -0.15) is 0 Å². The molecule has 1 heterocycles. The standard InChI is InChI=1S/C16H26N2/c1-2-10-17-13-15-8-4-5-9-16(15)14-18-11-6-3-7-12-18/h4-5,8-9,17H,2-3,6-7,10-14H2,1H3. The maximum absolute atomic E-state index is 3.51. The molecule has 0 aliphatic carbocycles. The van der Waals surface area contributed by atoms with Gasteiger partial charge < -0.3 is 5.32 Å². The second kappa shape index (κ2) is 7.55. The van der Waals surface area contributed by atoms with Crippen LogP contribution in [0.15, 0.2) is 24.3 Å². The normalized spacial score (nSPS) is 16.9. The Morgan fingerprint density at radius 1 is 1.06 bits per heavy atom. The molecule has 1 N–H and O–H groups in total. The molecule has 0 unspecified atom stereocenters. The summed E-state index contributed by atoms with van der Waals surface area (Å²) in [7, 11) is 0. The minimum Gasteiger partial charge on any atom is -0.313 e. The second-order valence-electron chi connectivity index (χ2n) is 5.28. The Hall–Kier alpha value is -0.860. The third-order valence-electron chi connectivity index (χ3n) is 3.70. The van der Waals surface area contributed by atoms with E-state index >= 15 is 0 Å². The third-order valence-corrected chi connectivity index (χ3v) is 3.70. The number of benzene rings is 1. The summed E-state index contributed by atoms with van der Waals surface area (Å²) >= 11 is 0. The summed E-state index contributed by atoms with van der Waals surface area (Å²) in [5, 5.41) is 3.51. The molecular weight excluding hydrogens is 220 g/mol. The lowest BCUT2D eigenvalue weighted by atomic mass is 10.0. The van der Waals surface area contributed by atoms with Crippen LogP contribution in [0.5, 0.6) is 0 Å². The Morgan fingerprint density at radius 2 is 1.78 bits per heavy atom. The number of hydrogen-bond acceptors (Lipinski definition) is 2. The van der Waals surface area contributed by atoms with Crippen LogP contribution in [-0.4, -0.2) is 24.5 Å². The van der Waals surface area contributed by atoms with Gasteiger partial charge in [-0.05, 0) is 50.0 Å². The number of nitrogens with zero attached hydrogens (tertiary/aromatic N) is 1. The van der Waals surface area contributed by atoms with Crippen molar-refractivity contribution in [2.75, 3.05) is 19.6 Å². The van der Waals surface area contributed by atoms with E-state index in [0.29, 0.717) is 0 Å². The molecule has 0 radical (unpaired) electrons. The average Bonchev–Trinajstić information content (AvgIpc) is 2.42. The smallest absolute Gasteiger partial charge is 0.0236 e. The van der Waals surface area contributed by atoms with Crippen LogP contribution in [0.25, 0.3) is 0 Å². The minimum atomic E-state index is 1.01. The van der Waals surface area contributed by atoms with E-state index in [1.165, 1.54) is 49.9 Å². The first-order chi connectivity index (χ1) is 8.90. The van der Waals surface area contributed by atoms with Gasteiger partial charge in [-0.1, -0.05) is 37.6 Å². The number of nitrogens with one attached hydrogen (secondary N) is 1. The zero-order valence-electron chi connectivity index (χ0n) is 11.6. The molecule has 0 atom stereocenters. The molecule has 18 heavy (non-hydrogen) atoms. The van der Waals surface area contributed by atoms with Crippen molar-refractivity contribution in [3.8, 4) is 0 Å². The molecule has 1 saturated heterocycles. The van der Waals surface area contributed by atoms with Crippen molar-refractivity contribution < 1.29 is 0 Å². The molecule has 0 spiro atoms. The first-order valence-electron chi connectivity index (χ1n) is 7.40. The first kappa shape index (κ1) is 13.6. The maximum atomic E-state index is 3.51. The van der Waals surface area contributed by atoms with Gasteiger partial charge in [0.05, 0.1) is 0 Å². The van der Waals surface area contributed by atoms with E-state index in [4.69, 9.17) is 0 Å². The van der Waals surface area contributed by atoms with Gasteiger partial charge in [-0.15, -0.1) is 0 Å². The van der Waals surface area contributed by atoms with Crippen LogP contribution >= 0.6 is 0 Å². The van der Waals surface area contributed by atoms with E-state index in [-0.39, 0.29) is 0 Å². The summed E-state index contributed by atoms with van der Waals surface area (Å²) in [6.07, 6.45) is 5.36. The van der Waals surface area contributed by atoms with E-state index in [0.717, 1.165) is 19.6 Å². The average molecular weight is 246 g/mol. The summed E-state index contributed by atoms with van der Waals surface area (Å²) in [4.78, 5) is 2.60. The topological polar surface area (TPSA) is 15.3 Å². The lowest BCUT2D eigenvalue weighted by molar-refractivity contribution is 0.220. The van der Waals surface area contributed by atoms with Gasteiger partial charge in [0.1, 0.15) is 0 Å². The molecule has 2 heteroatoms. The Bertz CT molecular complexity index is 343. The highest BCUT2D eigenvalue weighted by molar-refractivity contribution is 5.27. The van der Waals surface area contributed by atoms with E-state index < -0.39 is 0 Å². The van der Waals surface area contributed by atoms with Gasteiger partial charge in [0, 0.05) is 13.1 Å². The van der Waals surface area contributed by atoms with Gasteiger partial charge in [0.2, 0.25) is 0 Å². The van der Waals surface area contributed by atoms with Crippen LogP contribution in [-0.2, 0) is 13.1 Å². The highest BCUT2D eigenvalue weighted by Crippen LogP contribution is 2.16. The Kier molecular flexibility index (Phi) is 5.69. The van der Waals surface area contributed by atoms with Crippen LogP contribution in [0.3, 0.4) is 0 Å². The van der Waals surface area contributed by atoms with Gasteiger partial charge in [0.15, 0.2) is 0 Å². The minimum absolute atomic E-state index is 1.01. The molecule has 0 aromatic heterocycles. The zero-order chi connectivity index (χ0) is 12.6. The molecule has 1 aliphatic rings. The molecule has 0 saturated carbocycles. The van der Waals surface area contributed by atoms with Crippen molar-refractivity contribution in [3.63, 3.8) is 0 Å². The van der Waals surface area contributed by atoms with Gasteiger partial charge in [0.25, 0.3) is 0 Å². The lowest BCUT2D eigenvalue weighted by Gasteiger charge is -2.27. The van der Waals surface area contributed by atoms with Crippen LogP contribution < -0.4 is 5.32 Å². The summed E-state index contributed by atoms with van der Waals surface area (Å²) in [5.41, 5.74) is 2.97. The predicted octanol–water partition coefficient (Wildman–Crippen LogP) is 3.17. The SMILES string of the molecule is CCCNCc1ccccc1CN1CCCCC1. The van der Waals surface area contributed by atoms with Crippen molar-refractivity contribution in [2.45, 2.75) is 45.7 Å². The number of likely N-dealkylation sites (tertiary alicyclic amines) is 1. The molecule has 2 nitrogen and oxygen atoms in total. The lowest BCUT2D eigenvalue weighted by Crippen LogP contribution is -2.29. The number of piperidine rings is 1. The molecule has 2 rings (SSSR count). The molecule has 1 aromatic carbocycles. The van der Waals surface area contributed by atoms with Crippen molar-refractivity contribution in [1.82, 2.24) is 10.2 Å². The van der Waals surface area contributed by atoms with E-state index in [2.05, 4.69) is 41.4 Å². The molecule has 0 amide bonds. The fourth-order valence-corrected chi connectivity index (χ4v) is 2.64.